The minimum Gasteiger partial charge on any atom is -0.497 e. The highest BCUT2D eigenvalue weighted by Crippen LogP contribution is 2.21. The van der Waals surface area contributed by atoms with Crippen LogP contribution in [0.25, 0.3) is 0 Å². The number of rotatable bonds is 7. The van der Waals surface area contributed by atoms with Crippen LogP contribution in [0.4, 0.5) is 5.69 Å². The van der Waals surface area contributed by atoms with Gasteiger partial charge in [0.15, 0.2) is 0 Å². The van der Waals surface area contributed by atoms with E-state index >= 15 is 0 Å². The first-order valence-electron chi connectivity index (χ1n) is 9.47. The fourth-order valence-corrected chi connectivity index (χ4v) is 2.95. The Morgan fingerprint density at radius 2 is 1.73 bits per heavy atom. The summed E-state index contributed by atoms with van der Waals surface area (Å²) in [6, 6.07) is 23.6. The van der Waals surface area contributed by atoms with E-state index in [0.717, 1.165) is 11.1 Å². The standard InChI is InChI=1S/C24H23N3O3/c1-18-9-6-7-14-22(18)27(24(29)20-11-4-3-5-12-20)17-23(28)26-25-16-19-10-8-13-21(15-19)30-2/h3-16H,17H2,1-2H3,(H,26,28)/b25-16-. The number of amides is 2. The van der Waals surface area contributed by atoms with Gasteiger partial charge in [-0.05, 0) is 48.4 Å². The number of ether oxygens (including phenoxy) is 1. The predicted molar refractivity (Wildman–Crippen MR) is 118 cm³/mol. The van der Waals surface area contributed by atoms with Gasteiger partial charge < -0.3 is 4.74 Å². The first kappa shape index (κ1) is 20.8. The minimum atomic E-state index is -0.401. The van der Waals surface area contributed by atoms with Crippen molar-refractivity contribution >= 4 is 23.7 Å². The first-order valence-corrected chi connectivity index (χ1v) is 9.47. The molecule has 3 rings (SSSR count). The largest absolute Gasteiger partial charge is 0.497 e. The summed E-state index contributed by atoms with van der Waals surface area (Å²) in [7, 11) is 1.59. The summed E-state index contributed by atoms with van der Waals surface area (Å²) in [5.74, 6) is 0.0444. The first-order chi connectivity index (χ1) is 14.6. The van der Waals surface area contributed by atoms with Gasteiger partial charge in [0.1, 0.15) is 12.3 Å². The molecular formula is C24H23N3O3. The zero-order valence-corrected chi connectivity index (χ0v) is 16.9. The normalized spacial score (nSPS) is 10.6. The second kappa shape index (κ2) is 10.0. The molecule has 152 valence electrons. The van der Waals surface area contributed by atoms with Crippen LogP contribution in [0.5, 0.6) is 5.75 Å². The number of aryl methyl sites for hydroxylation is 1. The summed E-state index contributed by atoms with van der Waals surface area (Å²) in [4.78, 5) is 27.1. The van der Waals surface area contributed by atoms with Gasteiger partial charge >= 0.3 is 0 Å². The van der Waals surface area contributed by atoms with Crippen LogP contribution in [0.15, 0.2) is 84.0 Å². The van der Waals surface area contributed by atoms with Gasteiger partial charge in [-0.15, -0.1) is 0 Å². The molecule has 30 heavy (non-hydrogen) atoms. The second-order valence-corrected chi connectivity index (χ2v) is 6.61. The molecule has 1 N–H and O–H groups in total. The van der Waals surface area contributed by atoms with E-state index in [2.05, 4.69) is 10.5 Å². The number of benzene rings is 3. The van der Waals surface area contributed by atoms with Crippen molar-refractivity contribution in [3.8, 4) is 5.75 Å². The SMILES string of the molecule is COc1cccc(/C=N\NC(=O)CN(C(=O)c2ccccc2)c2ccccc2C)c1. The molecule has 0 bridgehead atoms. The van der Waals surface area contributed by atoms with E-state index in [0.29, 0.717) is 17.0 Å². The average molecular weight is 401 g/mol. The minimum absolute atomic E-state index is 0.159. The van der Waals surface area contributed by atoms with Crippen LogP contribution in [0.2, 0.25) is 0 Å². The number of hydrogen-bond donors (Lipinski definition) is 1. The number of para-hydroxylation sites is 1. The van der Waals surface area contributed by atoms with E-state index < -0.39 is 5.91 Å². The maximum atomic E-state index is 13.1. The summed E-state index contributed by atoms with van der Waals surface area (Å²) in [5.41, 5.74) is 5.36. The Bertz CT molecular complexity index is 1050. The summed E-state index contributed by atoms with van der Waals surface area (Å²) in [5, 5.41) is 4.00. The summed E-state index contributed by atoms with van der Waals surface area (Å²) >= 11 is 0. The third-order valence-electron chi connectivity index (χ3n) is 4.47. The lowest BCUT2D eigenvalue weighted by Crippen LogP contribution is -2.40. The summed E-state index contributed by atoms with van der Waals surface area (Å²) in [6.07, 6.45) is 1.53. The Kier molecular flexibility index (Phi) is 6.95. The molecule has 0 aliphatic rings. The van der Waals surface area contributed by atoms with Gasteiger partial charge in [-0.1, -0.05) is 48.5 Å². The highest BCUT2D eigenvalue weighted by Gasteiger charge is 2.21. The number of hydrogen-bond acceptors (Lipinski definition) is 4. The van der Waals surface area contributed by atoms with E-state index in [1.807, 2.05) is 55.5 Å². The predicted octanol–water partition coefficient (Wildman–Crippen LogP) is 3.80. The quantitative estimate of drug-likeness (QED) is 0.484. The summed E-state index contributed by atoms with van der Waals surface area (Å²) < 4.78 is 5.17. The molecule has 2 amide bonds. The van der Waals surface area contributed by atoms with E-state index in [-0.39, 0.29) is 12.5 Å². The topological polar surface area (TPSA) is 71.0 Å². The molecular weight excluding hydrogens is 378 g/mol. The third-order valence-corrected chi connectivity index (χ3v) is 4.47. The molecule has 0 unspecified atom stereocenters. The van der Waals surface area contributed by atoms with Crippen molar-refractivity contribution < 1.29 is 14.3 Å². The van der Waals surface area contributed by atoms with Crippen molar-refractivity contribution in [3.05, 3.63) is 95.6 Å². The van der Waals surface area contributed by atoms with Crippen molar-refractivity contribution in [2.75, 3.05) is 18.6 Å². The molecule has 0 saturated heterocycles. The van der Waals surface area contributed by atoms with Gasteiger partial charge in [-0.3, -0.25) is 14.5 Å². The highest BCUT2D eigenvalue weighted by molar-refractivity contribution is 6.09. The number of carbonyl (C=O) groups is 2. The van der Waals surface area contributed by atoms with Crippen molar-refractivity contribution in [3.63, 3.8) is 0 Å². The zero-order valence-electron chi connectivity index (χ0n) is 16.9. The van der Waals surface area contributed by atoms with Crippen LogP contribution < -0.4 is 15.1 Å². The molecule has 6 heteroatoms. The summed E-state index contributed by atoms with van der Waals surface area (Å²) in [6.45, 7) is 1.74. The maximum Gasteiger partial charge on any atom is 0.260 e. The zero-order chi connectivity index (χ0) is 21.3. The van der Waals surface area contributed by atoms with Gasteiger partial charge in [0.2, 0.25) is 0 Å². The number of nitrogens with zero attached hydrogens (tertiary/aromatic N) is 2. The van der Waals surface area contributed by atoms with Crippen molar-refractivity contribution in [1.29, 1.82) is 0 Å². The Labute approximate surface area is 175 Å². The number of carbonyl (C=O) groups excluding carboxylic acids is 2. The average Bonchev–Trinajstić information content (AvgIpc) is 2.78. The Morgan fingerprint density at radius 3 is 2.47 bits per heavy atom. The molecule has 0 saturated carbocycles. The van der Waals surface area contributed by atoms with E-state index in [1.165, 1.54) is 11.1 Å². The Balaban J connectivity index is 1.75. The number of methoxy groups -OCH3 is 1. The van der Waals surface area contributed by atoms with Crippen LogP contribution in [-0.4, -0.2) is 31.7 Å². The molecule has 0 spiro atoms. The molecule has 0 aliphatic carbocycles. The van der Waals surface area contributed by atoms with Gasteiger partial charge in [-0.2, -0.15) is 5.10 Å². The second-order valence-electron chi connectivity index (χ2n) is 6.61. The molecule has 6 nitrogen and oxygen atoms in total. The number of anilines is 1. The van der Waals surface area contributed by atoms with E-state index in [1.54, 1.807) is 37.4 Å². The molecule has 0 fully saturated rings. The van der Waals surface area contributed by atoms with Crippen LogP contribution in [0.3, 0.4) is 0 Å². The fourth-order valence-electron chi connectivity index (χ4n) is 2.95. The van der Waals surface area contributed by atoms with Crippen LogP contribution in [0.1, 0.15) is 21.5 Å². The lowest BCUT2D eigenvalue weighted by atomic mass is 10.1. The highest BCUT2D eigenvalue weighted by atomic mass is 16.5. The van der Waals surface area contributed by atoms with Crippen LogP contribution in [-0.2, 0) is 4.79 Å². The van der Waals surface area contributed by atoms with Gasteiger partial charge in [0, 0.05) is 11.3 Å². The molecule has 0 aromatic heterocycles. The third kappa shape index (κ3) is 5.32. The molecule has 0 radical (unpaired) electrons. The van der Waals surface area contributed by atoms with Crippen LogP contribution in [0, 0.1) is 6.92 Å². The fraction of sp³-hybridized carbons (Fsp3) is 0.125. The molecule has 3 aromatic rings. The molecule has 0 heterocycles. The smallest absolute Gasteiger partial charge is 0.260 e. The van der Waals surface area contributed by atoms with Crippen molar-refractivity contribution in [2.45, 2.75) is 6.92 Å². The molecule has 0 aliphatic heterocycles. The van der Waals surface area contributed by atoms with Gasteiger partial charge in [0.05, 0.1) is 13.3 Å². The number of hydrazone groups is 1. The van der Waals surface area contributed by atoms with Crippen LogP contribution >= 0.6 is 0 Å². The monoisotopic (exact) mass is 401 g/mol. The number of nitrogens with one attached hydrogen (secondary N) is 1. The maximum absolute atomic E-state index is 13.1. The Morgan fingerprint density at radius 1 is 1.00 bits per heavy atom. The lowest BCUT2D eigenvalue weighted by molar-refractivity contribution is -0.119. The van der Waals surface area contributed by atoms with E-state index in [4.69, 9.17) is 4.74 Å². The van der Waals surface area contributed by atoms with Crippen molar-refractivity contribution in [2.24, 2.45) is 5.10 Å². The van der Waals surface area contributed by atoms with Gasteiger partial charge in [-0.25, -0.2) is 5.43 Å². The van der Waals surface area contributed by atoms with E-state index in [9.17, 15) is 9.59 Å². The van der Waals surface area contributed by atoms with Gasteiger partial charge in [0.25, 0.3) is 11.8 Å². The lowest BCUT2D eigenvalue weighted by Gasteiger charge is -2.23. The van der Waals surface area contributed by atoms with Crippen molar-refractivity contribution in [1.82, 2.24) is 5.43 Å². The molecule has 0 atom stereocenters. The molecule has 3 aromatic carbocycles. The Hall–Kier alpha value is -3.93.